The zero-order chi connectivity index (χ0) is 26.1. The minimum Gasteiger partial charge on any atom is -0.309 e. The minimum absolute atomic E-state index is 1.22. The van der Waals surface area contributed by atoms with Crippen molar-refractivity contribution in [2.24, 2.45) is 0 Å². The van der Waals surface area contributed by atoms with Gasteiger partial charge in [-0.25, -0.2) is 0 Å². The van der Waals surface area contributed by atoms with E-state index in [-0.39, 0.29) is 0 Å². The Kier molecular flexibility index (Phi) is 31.7. The van der Waals surface area contributed by atoms with E-state index >= 15 is 0 Å². The summed E-state index contributed by atoms with van der Waals surface area (Å²) in [6.45, 7) is 7.37. The van der Waals surface area contributed by atoms with Gasteiger partial charge in [0.2, 0.25) is 0 Å². The van der Waals surface area contributed by atoms with Crippen molar-refractivity contribution >= 4 is 0 Å². The van der Waals surface area contributed by atoms with E-state index in [0.29, 0.717) is 0 Å². The van der Waals surface area contributed by atoms with Crippen molar-refractivity contribution in [1.82, 2.24) is 29.4 Å². The van der Waals surface area contributed by atoms with Crippen LogP contribution in [0.5, 0.6) is 0 Å². The molecule has 0 aliphatic rings. The normalized spacial score (nSPS) is 11.5. The van der Waals surface area contributed by atoms with E-state index in [0.717, 1.165) is 0 Å². The Bertz CT molecular complexity index is 312. The first-order chi connectivity index (χ1) is 15.4. The zero-order valence-electron chi connectivity index (χ0n) is 25.3. The molecule has 0 bridgehead atoms. The third-order valence-corrected chi connectivity index (χ3v) is 5.13. The highest BCUT2D eigenvalue weighted by Gasteiger charge is 1.94. The molecule has 0 unspecified atom stereocenters. The second-order valence-electron chi connectivity index (χ2n) is 11.0. The molecule has 204 valence electrons. The smallest absolute Gasteiger partial charge is 0.00244 e. The summed E-state index contributed by atoms with van der Waals surface area (Å²) in [5.41, 5.74) is 0. The lowest BCUT2D eigenvalue weighted by atomic mass is 10.2. The van der Waals surface area contributed by atoms with E-state index in [1.54, 1.807) is 0 Å². The van der Waals surface area contributed by atoms with Gasteiger partial charge in [0.1, 0.15) is 0 Å². The standard InChI is InChI=1S/C10H24N2.C9H22N2.C8H20N2/c1-11(2)9-7-5-6-8-10-12(3)4;1-10(2)8-6-5-7-9-11(3)4;1-9(2)7-5-6-8-10(3)4/h5-10H2,1-4H3;5-9H2,1-4H3;5-8H2,1-4H3. The maximum atomic E-state index is 2.26. The van der Waals surface area contributed by atoms with E-state index in [4.69, 9.17) is 0 Å². The SMILES string of the molecule is CN(C)CCCCCCN(C)C.CN(C)CCCCCN(C)C.CN(C)CCCCN(C)C. The maximum absolute atomic E-state index is 2.26. The number of hydrogen-bond acceptors (Lipinski definition) is 6. The van der Waals surface area contributed by atoms with Gasteiger partial charge in [-0.3, -0.25) is 0 Å². The highest BCUT2D eigenvalue weighted by atomic mass is 15.1. The number of nitrogens with zero attached hydrogens (tertiary/aromatic N) is 6. The summed E-state index contributed by atoms with van der Waals surface area (Å²) < 4.78 is 0. The molecule has 33 heavy (non-hydrogen) atoms. The number of hydrogen-bond donors (Lipinski definition) is 0. The molecule has 0 N–H and O–H groups in total. The third kappa shape index (κ3) is 49.8. The highest BCUT2D eigenvalue weighted by molar-refractivity contribution is 4.50. The van der Waals surface area contributed by atoms with E-state index < -0.39 is 0 Å². The first-order valence-electron chi connectivity index (χ1n) is 13.3. The lowest BCUT2D eigenvalue weighted by Crippen LogP contribution is -2.17. The fourth-order valence-corrected chi connectivity index (χ4v) is 3.10. The number of rotatable bonds is 18. The first kappa shape index (κ1) is 37.3. The van der Waals surface area contributed by atoms with Gasteiger partial charge in [-0.2, -0.15) is 0 Å². The fraction of sp³-hybridized carbons (Fsp3) is 1.00. The van der Waals surface area contributed by atoms with Crippen molar-refractivity contribution in [1.29, 1.82) is 0 Å². The zero-order valence-corrected chi connectivity index (χ0v) is 25.3. The molecule has 0 rings (SSSR count). The van der Waals surface area contributed by atoms with Gasteiger partial charge in [0.25, 0.3) is 0 Å². The van der Waals surface area contributed by atoms with Gasteiger partial charge in [-0.15, -0.1) is 0 Å². The van der Waals surface area contributed by atoms with E-state index in [2.05, 4.69) is 114 Å². The first-order valence-corrected chi connectivity index (χ1v) is 13.3. The Balaban J connectivity index is -0.000000411. The van der Waals surface area contributed by atoms with Gasteiger partial charge in [0.15, 0.2) is 0 Å². The molecule has 0 saturated heterocycles. The van der Waals surface area contributed by atoms with E-state index in [1.165, 1.54) is 97.1 Å². The molecule has 0 amide bonds. The molecule has 0 saturated carbocycles. The molecule has 0 atom stereocenters. The van der Waals surface area contributed by atoms with Crippen molar-refractivity contribution in [2.75, 3.05) is 124 Å². The molecule has 0 heterocycles. The fourth-order valence-electron chi connectivity index (χ4n) is 3.10. The molecule has 0 fully saturated rings. The van der Waals surface area contributed by atoms with Gasteiger partial charge < -0.3 is 29.4 Å². The summed E-state index contributed by atoms with van der Waals surface area (Å²) in [4.78, 5) is 13.5. The second-order valence-corrected chi connectivity index (χ2v) is 11.0. The molecular weight excluding hydrogens is 408 g/mol. The summed E-state index contributed by atoms with van der Waals surface area (Å²) in [5.74, 6) is 0. The van der Waals surface area contributed by atoms with Gasteiger partial charge in [0.05, 0.1) is 0 Å². The molecule has 0 radical (unpaired) electrons. The molecular formula is C27H66N6. The molecule has 0 aromatic heterocycles. The van der Waals surface area contributed by atoms with Crippen molar-refractivity contribution in [3.05, 3.63) is 0 Å². The summed E-state index contributed by atoms with van der Waals surface area (Å²) in [7, 11) is 25.6. The predicted octanol–water partition coefficient (Wildman–Crippen LogP) is 3.84. The monoisotopic (exact) mass is 475 g/mol. The third-order valence-electron chi connectivity index (χ3n) is 5.13. The summed E-state index contributed by atoms with van der Waals surface area (Å²) in [6, 6.07) is 0. The van der Waals surface area contributed by atoms with Crippen LogP contribution in [0.1, 0.15) is 57.8 Å². The molecule has 0 spiro atoms. The van der Waals surface area contributed by atoms with Crippen LogP contribution < -0.4 is 0 Å². The van der Waals surface area contributed by atoms with Gasteiger partial charge in [0, 0.05) is 0 Å². The van der Waals surface area contributed by atoms with Crippen molar-refractivity contribution < 1.29 is 0 Å². The maximum Gasteiger partial charge on any atom is -0.00244 e. The average molecular weight is 475 g/mol. The van der Waals surface area contributed by atoms with Crippen LogP contribution in [0.4, 0.5) is 0 Å². The highest BCUT2D eigenvalue weighted by Crippen LogP contribution is 2.00. The molecule has 0 aromatic rings. The van der Waals surface area contributed by atoms with Crippen LogP contribution in [0.2, 0.25) is 0 Å². The Morgan fingerprint density at radius 1 is 0.212 bits per heavy atom. The molecule has 0 aromatic carbocycles. The molecule has 0 aliphatic heterocycles. The van der Waals surface area contributed by atoms with Crippen LogP contribution in [0, 0.1) is 0 Å². The van der Waals surface area contributed by atoms with Crippen molar-refractivity contribution in [3.63, 3.8) is 0 Å². The molecule has 6 nitrogen and oxygen atoms in total. The average Bonchev–Trinajstić information content (AvgIpc) is 2.67. The van der Waals surface area contributed by atoms with E-state index in [9.17, 15) is 0 Å². The topological polar surface area (TPSA) is 19.4 Å². The quantitative estimate of drug-likeness (QED) is 0.279. The largest absolute Gasteiger partial charge is 0.309 e. The van der Waals surface area contributed by atoms with Crippen LogP contribution in [-0.4, -0.2) is 153 Å². The summed E-state index contributed by atoms with van der Waals surface area (Å²) in [6.07, 6.45) is 12.1. The Morgan fingerprint density at radius 2 is 0.333 bits per heavy atom. The predicted molar refractivity (Wildman–Crippen MR) is 153 cm³/mol. The summed E-state index contributed by atoms with van der Waals surface area (Å²) in [5, 5.41) is 0. The van der Waals surface area contributed by atoms with Crippen molar-refractivity contribution in [2.45, 2.75) is 57.8 Å². The van der Waals surface area contributed by atoms with Gasteiger partial charge >= 0.3 is 0 Å². The number of unbranched alkanes of at least 4 members (excludes halogenated alkanes) is 6. The Morgan fingerprint density at radius 3 is 0.485 bits per heavy atom. The molecule has 0 aliphatic carbocycles. The second kappa shape index (κ2) is 28.0. The Hall–Kier alpha value is -0.240. The van der Waals surface area contributed by atoms with E-state index in [1.807, 2.05) is 0 Å². The lowest BCUT2D eigenvalue weighted by Gasteiger charge is -2.11. The van der Waals surface area contributed by atoms with Crippen LogP contribution in [0.3, 0.4) is 0 Å². The van der Waals surface area contributed by atoms with Gasteiger partial charge in [-0.05, 0) is 162 Å². The van der Waals surface area contributed by atoms with Crippen LogP contribution in [0.25, 0.3) is 0 Å². The van der Waals surface area contributed by atoms with Crippen LogP contribution in [0.15, 0.2) is 0 Å². The van der Waals surface area contributed by atoms with Crippen LogP contribution in [-0.2, 0) is 0 Å². The molecule has 6 heteroatoms. The summed E-state index contributed by atoms with van der Waals surface area (Å²) >= 11 is 0. The minimum atomic E-state index is 1.22. The van der Waals surface area contributed by atoms with Gasteiger partial charge in [-0.1, -0.05) is 19.3 Å². The lowest BCUT2D eigenvalue weighted by molar-refractivity contribution is 0.354. The van der Waals surface area contributed by atoms with Crippen molar-refractivity contribution in [3.8, 4) is 0 Å². The van der Waals surface area contributed by atoms with Crippen LogP contribution >= 0.6 is 0 Å². The Labute approximate surface area is 211 Å².